The summed E-state index contributed by atoms with van der Waals surface area (Å²) in [5, 5.41) is 2.47. The van der Waals surface area contributed by atoms with Gasteiger partial charge in [0.25, 0.3) is 0 Å². The first-order valence-corrected chi connectivity index (χ1v) is 14.1. The number of hydrogen-bond acceptors (Lipinski definition) is 5. The van der Waals surface area contributed by atoms with Gasteiger partial charge in [-0.2, -0.15) is 0 Å². The number of furan rings is 1. The van der Waals surface area contributed by atoms with Gasteiger partial charge >= 0.3 is 6.03 Å². The van der Waals surface area contributed by atoms with Gasteiger partial charge < -0.3 is 15.1 Å². The van der Waals surface area contributed by atoms with Crippen LogP contribution in [0.3, 0.4) is 0 Å². The summed E-state index contributed by atoms with van der Waals surface area (Å²) in [5.41, 5.74) is 11.1. The number of nitrogens with two attached hydrogens (primary N) is 1. The number of aryl methyl sites for hydroxylation is 1. The second-order valence-corrected chi connectivity index (χ2v) is 11.1. The Balaban J connectivity index is 1.55. The Labute approximate surface area is 245 Å². The van der Waals surface area contributed by atoms with Crippen molar-refractivity contribution in [3.63, 3.8) is 0 Å². The van der Waals surface area contributed by atoms with Gasteiger partial charge in [-0.3, -0.25) is 10.1 Å². The summed E-state index contributed by atoms with van der Waals surface area (Å²) >= 11 is 6.14. The molecule has 42 heavy (non-hydrogen) atoms. The van der Waals surface area contributed by atoms with E-state index < -0.39 is 23.9 Å². The molecule has 0 saturated heterocycles. The van der Waals surface area contributed by atoms with E-state index in [1.165, 1.54) is 6.33 Å². The molecule has 8 nitrogen and oxygen atoms in total. The molecule has 3 heterocycles. The predicted octanol–water partition coefficient (Wildman–Crippen LogP) is 6.50. The first-order chi connectivity index (χ1) is 20.1. The van der Waals surface area contributed by atoms with E-state index in [4.69, 9.17) is 21.8 Å². The number of nitrogens with zero attached hydrogens (tertiary/aromatic N) is 3. The summed E-state index contributed by atoms with van der Waals surface area (Å²) in [5.74, 6) is -3.13. The number of fused-ring (bicyclic) bond motifs is 1. The van der Waals surface area contributed by atoms with Gasteiger partial charge in [-0.1, -0.05) is 42.5 Å². The third-order valence-corrected chi connectivity index (χ3v) is 8.31. The van der Waals surface area contributed by atoms with Crippen molar-refractivity contribution in [1.29, 1.82) is 0 Å². The van der Waals surface area contributed by atoms with Crippen molar-refractivity contribution in [3.8, 4) is 11.1 Å². The van der Waals surface area contributed by atoms with Crippen LogP contribution in [0.15, 0.2) is 71.6 Å². The summed E-state index contributed by atoms with van der Waals surface area (Å²) in [6.45, 7) is 2.04. The molecule has 11 heteroatoms. The van der Waals surface area contributed by atoms with Gasteiger partial charge in [0.05, 0.1) is 18.0 Å². The quantitative estimate of drug-likeness (QED) is 0.248. The number of anilines is 1. The summed E-state index contributed by atoms with van der Waals surface area (Å²) in [4.78, 5) is 35.3. The highest BCUT2D eigenvalue weighted by Crippen LogP contribution is 2.53. The Morgan fingerprint density at radius 2 is 1.86 bits per heavy atom. The SMILES string of the molecule is Cc1cc(-c2cccc([C@@H]3c4cccc(C5CC(F)(F)C5)c4CN(C(=O)CCl)[C@@H]3c3cc(NC(N)=O)ncn3)c2)co1. The maximum atomic E-state index is 14.0. The van der Waals surface area contributed by atoms with E-state index in [1.807, 2.05) is 55.5 Å². The third kappa shape index (κ3) is 5.22. The van der Waals surface area contributed by atoms with Crippen LogP contribution in [0.25, 0.3) is 11.1 Å². The lowest BCUT2D eigenvalue weighted by Gasteiger charge is -2.45. The molecule has 0 spiro atoms. The van der Waals surface area contributed by atoms with Crippen LogP contribution in [-0.4, -0.2) is 38.6 Å². The topological polar surface area (TPSA) is 114 Å². The lowest BCUT2D eigenvalue weighted by atomic mass is 9.70. The van der Waals surface area contributed by atoms with E-state index in [2.05, 4.69) is 15.3 Å². The molecule has 216 valence electrons. The number of rotatable bonds is 6. The highest BCUT2D eigenvalue weighted by molar-refractivity contribution is 6.27. The number of halogens is 3. The normalized spacial score (nSPS) is 19.6. The van der Waals surface area contributed by atoms with E-state index in [1.54, 1.807) is 17.2 Å². The smallest absolute Gasteiger partial charge is 0.317 e. The Morgan fingerprint density at radius 1 is 1.10 bits per heavy atom. The summed E-state index contributed by atoms with van der Waals surface area (Å²) in [6, 6.07) is 15.7. The fraction of sp³-hybridized carbons (Fsp3) is 0.290. The number of aromatic nitrogens is 2. The van der Waals surface area contributed by atoms with Gasteiger partial charge in [-0.15, -0.1) is 11.6 Å². The lowest BCUT2D eigenvalue weighted by Crippen LogP contribution is -2.44. The zero-order valence-corrected chi connectivity index (χ0v) is 23.4. The molecule has 1 saturated carbocycles. The lowest BCUT2D eigenvalue weighted by molar-refractivity contribution is -0.132. The van der Waals surface area contributed by atoms with Crippen molar-refractivity contribution in [1.82, 2.24) is 14.9 Å². The number of amides is 3. The molecular weight excluding hydrogens is 564 g/mol. The highest BCUT2D eigenvalue weighted by Gasteiger charge is 2.48. The Kier molecular flexibility index (Phi) is 7.18. The third-order valence-electron chi connectivity index (χ3n) is 8.08. The number of nitrogens with one attached hydrogen (secondary N) is 1. The van der Waals surface area contributed by atoms with Crippen LogP contribution in [0.4, 0.5) is 19.4 Å². The molecule has 1 aliphatic carbocycles. The molecule has 1 fully saturated rings. The van der Waals surface area contributed by atoms with Crippen LogP contribution >= 0.6 is 11.6 Å². The minimum atomic E-state index is -2.70. The first-order valence-electron chi connectivity index (χ1n) is 13.5. The number of urea groups is 1. The number of primary amides is 1. The van der Waals surface area contributed by atoms with E-state index in [0.717, 1.165) is 39.1 Å². The van der Waals surface area contributed by atoms with Gasteiger partial charge in [0.2, 0.25) is 11.8 Å². The van der Waals surface area contributed by atoms with Crippen LogP contribution in [-0.2, 0) is 11.3 Å². The highest BCUT2D eigenvalue weighted by atomic mass is 35.5. The largest absolute Gasteiger partial charge is 0.469 e. The Morgan fingerprint density at radius 3 is 2.55 bits per heavy atom. The molecule has 6 rings (SSSR count). The Hall–Kier alpha value is -4.31. The summed E-state index contributed by atoms with van der Waals surface area (Å²) in [6.07, 6.45) is 2.52. The van der Waals surface area contributed by atoms with Crippen molar-refractivity contribution in [2.45, 2.75) is 50.1 Å². The number of alkyl halides is 3. The minimum Gasteiger partial charge on any atom is -0.469 e. The van der Waals surface area contributed by atoms with Crippen molar-refractivity contribution in [2.75, 3.05) is 11.2 Å². The molecule has 4 aromatic rings. The zero-order valence-electron chi connectivity index (χ0n) is 22.7. The van der Waals surface area contributed by atoms with Gasteiger partial charge in [-0.05, 0) is 46.7 Å². The number of carbonyl (C=O) groups is 2. The zero-order chi connectivity index (χ0) is 29.6. The molecule has 2 aliphatic rings. The maximum Gasteiger partial charge on any atom is 0.317 e. The van der Waals surface area contributed by atoms with Crippen molar-refractivity contribution in [2.24, 2.45) is 5.73 Å². The summed E-state index contributed by atoms with van der Waals surface area (Å²) in [7, 11) is 0. The number of benzene rings is 2. The van der Waals surface area contributed by atoms with E-state index in [9.17, 15) is 18.4 Å². The fourth-order valence-electron chi connectivity index (χ4n) is 6.23. The monoisotopic (exact) mass is 591 g/mol. The second kappa shape index (κ2) is 10.8. The first kappa shape index (κ1) is 27.8. The van der Waals surface area contributed by atoms with Gasteiger partial charge in [0.1, 0.15) is 23.8 Å². The van der Waals surface area contributed by atoms with Crippen LogP contribution in [0.1, 0.15) is 64.4 Å². The van der Waals surface area contributed by atoms with Crippen molar-refractivity contribution < 1.29 is 22.8 Å². The van der Waals surface area contributed by atoms with E-state index >= 15 is 0 Å². The average Bonchev–Trinajstić information content (AvgIpc) is 3.40. The van der Waals surface area contributed by atoms with Gasteiger partial charge in [0.15, 0.2) is 0 Å². The van der Waals surface area contributed by atoms with Gasteiger partial charge in [0, 0.05) is 36.9 Å². The molecule has 1 aliphatic heterocycles. The molecule has 2 aromatic carbocycles. The summed E-state index contributed by atoms with van der Waals surface area (Å²) < 4.78 is 33.5. The van der Waals surface area contributed by atoms with Crippen molar-refractivity contribution in [3.05, 3.63) is 101 Å². The average molecular weight is 592 g/mol. The van der Waals surface area contributed by atoms with Gasteiger partial charge in [-0.25, -0.2) is 23.5 Å². The van der Waals surface area contributed by atoms with Crippen molar-refractivity contribution >= 4 is 29.4 Å². The van der Waals surface area contributed by atoms with Crippen LogP contribution in [0.5, 0.6) is 0 Å². The Bertz CT molecular complexity index is 1670. The molecule has 3 N–H and O–H groups in total. The van der Waals surface area contributed by atoms with Crippen LogP contribution in [0.2, 0.25) is 0 Å². The van der Waals surface area contributed by atoms with Crippen LogP contribution < -0.4 is 11.1 Å². The second-order valence-electron chi connectivity index (χ2n) is 10.8. The fourth-order valence-corrected chi connectivity index (χ4v) is 6.38. The molecule has 2 atom stereocenters. The standard InChI is InChI=1S/C31H28ClF2N5O3/c1-17-8-20(15-42-17)18-4-2-5-19(9-18)28-23-7-3-6-22(21-11-31(33,34)12-21)24(23)14-39(27(40)13-32)29(28)25-10-26(37-16-36-25)38-30(35)41/h2-10,15-16,21,28-29H,11-14H2,1H3,(H3,35,36,37,38,41)/t28-,29-/m1/s1. The maximum absolute atomic E-state index is 14.0. The minimum absolute atomic E-state index is 0.170. The molecule has 0 unspecified atom stereocenters. The molecule has 2 aromatic heterocycles. The number of hydrogen-bond donors (Lipinski definition) is 2. The van der Waals surface area contributed by atoms with E-state index in [0.29, 0.717) is 5.69 Å². The van der Waals surface area contributed by atoms with Crippen LogP contribution in [0, 0.1) is 6.92 Å². The predicted molar refractivity (Wildman–Crippen MR) is 153 cm³/mol. The molecule has 3 amide bonds. The molecule has 0 bridgehead atoms. The molecular formula is C31H28ClF2N5O3. The van der Waals surface area contributed by atoms with E-state index in [-0.39, 0.29) is 42.9 Å². The molecule has 0 radical (unpaired) electrons. The number of carbonyl (C=O) groups excluding carboxylic acids is 2.